The van der Waals surface area contributed by atoms with E-state index >= 15 is 0 Å². The van der Waals surface area contributed by atoms with Crippen molar-refractivity contribution >= 4 is 17.6 Å². The molecule has 0 saturated heterocycles. The minimum atomic E-state index is -0.278. The van der Waals surface area contributed by atoms with E-state index in [1.807, 2.05) is 17.5 Å². The topological polar surface area (TPSA) is 47.8 Å². The smallest absolute Gasteiger partial charge is 0.172 e. The zero-order valence-electron chi connectivity index (χ0n) is 10.4. The van der Waals surface area contributed by atoms with Crippen LogP contribution in [0.2, 0.25) is 0 Å². The lowest BCUT2D eigenvalue weighted by molar-refractivity contribution is 0.111. The highest BCUT2D eigenvalue weighted by Gasteiger charge is 2.15. The zero-order valence-corrected chi connectivity index (χ0v) is 11.2. The summed E-state index contributed by atoms with van der Waals surface area (Å²) >= 11 is 1.52. The van der Waals surface area contributed by atoms with E-state index in [0.29, 0.717) is 24.2 Å². The van der Waals surface area contributed by atoms with Crippen LogP contribution in [0, 0.1) is 5.82 Å². The first kappa shape index (κ1) is 12.7. The zero-order chi connectivity index (χ0) is 13.9. The third-order valence-corrected chi connectivity index (χ3v) is 3.75. The van der Waals surface area contributed by atoms with Crippen LogP contribution in [0.15, 0.2) is 41.8 Å². The Kier molecular flexibility index (Phi) is 3.39. The van der Waals surface area contributed by atoms with Crippen molar-refractivity contribution in [3.05, 3.63) is 58.9 Å². The van der Waals surface area contributed by atoms with Gasteiger partial charge in [-0.15, -0.1) is 16.4 Å². The Bertz CT molecular complexity index is 719. The average Bonchev–Trinajstić information content (AvgIpc) is 3.10. The molecule has 1 aromatic carbocycles. The Morgan fingerprint density at radius 3 is 2.70 bits per heavy atom. The Hall–Kier alpha value is -2.34. The van der Waals surface area contributed by atoms with Gasteiger partial charge in [-0.05, 0) is 29.1 Å². The lowest BCUT2D eigenvalue weighted by Crippen LogP contribution is -2.04. The van der Waals surface area contributed by atoms with Crippen LogP contribution >= 0.6 is 11.3 Å². The number of nitrogens with zero attached hydrogens (tertiary/aromatic N) is 3. The van der Waals surface area contributed by atoms with Crippen LogP contribution in [-0.2, 0) is 6.54 Å². The molecule has 100 valence electrons. The lowest BCUT2D eigenvalue weighted by atomic mass is 10.2. The molecule has 0 saturated carbocycles. The Labute approximate surface area is 118 Å². The van der Waals surface area contributed by atoms with Crippen molar-refractivity contribution < 1.29 is 9.18 Å². The summed E-state index contributed by atoms with van der Waals surface area (Å²) in [6.07, 6.45) is 0.698. The van der Waals surface area contributed by atoms with Crippen molar-refractivity contribution in [2.45, 2.75) is 6.54 Å². The van der Waals surface area contributed by atoms with Crippen molar-refractivity contribution in [1.82, 2.24) is 15.0 Å². The molecule has 2 heterocycles. The number of aromatic nitrogens is 3. The van der Waals surface area contributed by atoms with E-state index in [4.69, 9.17) is 0 Å². The number of halogens is 1. The van der Waals surface area contributed by atoms with E-state index in [-0.39, 0.29) is 5.82 Å². The minimum absolute atomic E-state index is 0.278. The van der Waals surface area contributed by atoms with Crippen LogP contribution in [-0.4, -0.2) is 21.3 Å². The van der Waals surface area contributed by atoms with Crippen molar-refractivity contribution in [1.29, 1.82) is 0 Å². The number of carbonyl (C=O) groups excluding carboxylic acids is 1. The molecule has 0 amide bonds. The molecule has 0 N–H and O–H groups in total. The maximum Gasteiger partial charge on any atom is 0.172 e. The predicted octanol–water partition coefficient (Wildman–Crippen LogP) is 3.01. The van der Waals surface area contributed by atoms with E-state index in [2.05, 4.69) is 10.3 Å². The summed E-state index contributed by atoms with van der Waals surface area (Å²) in [7, 11) is 0. The van der Waals surface area contributed by atoms with Gasteiger partial charge in [0.25, 0.3) is 0 Å². The predicted molar refractivity (Wildman–Crippen MR) is 74.2 cm³/mol. The molecular weight excluding hydrogens is 277 g/mol. The maximum absolute atomic E-state index is 12.9. The van der Waals surface area contributed by atoms with Gasteiger partial charge in [0, 0.05) is 0 Å². The summed E-state index contributed by atoms with van der Waals surface area (Å²) in [4.78, 5) is 12.0. The fourth-order valence-corrected chi connectivity index (χ4v) is 2.73. The van der Waals surface area contributed by atoms with Gasteiger partial charge >= 0.3 is 0 Å². The lowest BCUT2D eigenvalue weighted by Gasteiger charge is -2.05. The number of thiophene rings is 1. The SMILES string of the molecule is O=Cc1nnn(Cc2ccc(F)cc2)c1-c1cccs1. The third-order valence-electron chi connectivity index (χ3n) is 2.87. The second kappa shape index (κ2) is 5.34. The molecule has 0 atom stereocenters. The maximum atomic E-state index is 12.9. The number of hydrogen-bond acceptors (Lipinski definition) is 4. The fraction of sp³-hybridized carbons (Fsp3) is 0.0714. The van der Waals surface area contributed by atoms with Crippen molar-refractivity contribution in [3.63, 3.8) is 0 Å². The van der Waals surface area contributed by atoms with Crippen molar-refractivity contribution in [2.75, 3.05) is 0 Å². The van der Waals surface area contributed by atoms with Gasteiger partial charge in [-0.3, -0.25) is 4.79 Å². The first-order chi connectivity index (χ1) is 9.78. The molecule has 20 heavy (non-hydrogen) atoms. The van der Waals surface area contributed by atoms with Crippen molar-refractivity contribution in [2.24, 2.45) is 0 Å². The Balaban J connectivity index is 2.00. The average molecular weight is 287 g/mol. The van der Waals surface area contributed by atoms with Crippen molar-refractivity contribution in [3.8, 4) is 10.6 Å². The van der Waals surface area contributed by atoms with E-state index in [9.17, 15) is 9.18 Å². The van der Waals surface area contributed by atoms with Gasteiger partial charge in [-0.25, -0.2) is 9.07 Å². The Morgan fingerprint density at radius 1 is 1.25 bits per heavy atom. The van der Waals surface area contributed by atoms with Crippen LogP contribution in [0.4, 0.5) is 4.39 Å². The largest absolute Gasteiger partial charge is 0.296 e. The Morgan fingerprint density at radius 2 is 2.05 bits per heavy atom. The molecule has 0 spiro atoms. The van der Waals surface area contributed by atoms with Gasteiger partial charge in [0.1, 0.15) is 11.5 Å². The standard InChI is InChI=1S/C14H10FN3OS/c15-11-5-3-10(4-6-11)8-18-14(12(9-19)16-17-18)13-2-1-7-20-13/h1-7,9H,8H2. The van der Waals surface area contributed by atoms with Gasteiger partial charge in [-0.1, -0.05) is 23.4 Å². The molecule has 0 fully saturated rings. The number of benzene rings is 1. The first-order valence-electron chi connectivity index (χ1n) is 5.95. The second-order valence-electron chi connectivity index (χ2n) is 4.20. The van der Waals surface area contributed by atoms with E-state index in [1.54, 1.807) is 16.8 Å². The highest BCUT2D eigenvalue weighted by molar-refractivity contribution is 7.13. The molecular formula is C14H10FN3OS. The van der Waals surface area contributed by atoms with E-state index < -0.39 is 0 Å². The van der Waals surface area contributed by atoms with Crippen LogP contribution in [0.25, 0.3) is 10.6 Å². The van der Waals surface area contributed by atoms with Crippen LogP contribution in [0.5, 0.6) is 0 Å². The van der Waals surface area contributed by atoms with E-state index in [1.165, 1.54) is 23.5 Å². The van der Waals surface area contributed by atoms with Gasteiger partial charge < -0.3 is 0 Å². The van der Waals surface area contributed by atoms with Gasteiger partial charge in [-0.2, -0.15) is 0 Å². The highest BCUT2D eigenvalue weighted by atomic mass is 32.1. The molecule has 4 nitrogen and oxygen atoms in total. The van der Waals surface area contributed by atoms with E-state index in [0.717, 1.165) is 10.4 Å². The summed E-state index contributed by atoms with van der Waals surface area (Å²) < 4.78 is 14.6. The number of carbonyl (C=O) groups is 1. The molecule has 2 aromatic heterocycles. The van der Waals surface area contributed by atoms with Crippen LogP contribution in [0.1, 0.15) is 16.1 Å². The second-order valence-corrected chi connectivity index (χ2v) is 5.15. The minimum Gasteiger partial charge on any atom is -0.296 e. The molecule has 0 unspecified atom stereocenters. The van der Waals surface area contributed by atoms with Gasteiger partial charge in [0.2, 0.25) is 0 Å². The quantitative estimate of drug-likeness (QED) is 0.693. The molecule has 0 radical (unpaired) electrons. The monoisotopic (exact) mass is 287 g/mol. The molecule has 0 aliphatic heterocycles. The number of hydrogen-bond donors (Lipinski definition) is 0. The normalized spacial score (nSPS) is 10.7. The van der Waals surface area contributed by atoms with Crippen LogP contribution in [0.3, 0.4) is 0 Å². The molecule has 3 rings (SSSR count). The molecule has 0 aliphatic rings. The van der Waals surface area contributed by atoms with Gasteiger partial charge in [0.15, 0.2) is 12.0 Å². The molecule has 0 bridgehead atoms. The third kappa shape index (κ3) is 2.37. The summed E-state index contributed by atoms with van der Waals surface area (Å²) in [5.41, 5.74) is 1.90. The highest BCUT2D eigenvalue weighted by Crippen LogP contribution is 2.26. The summed E-state index contributed by atoms with van der Waals surface area (Å²) in [5, 5.41) is 9.82. The van der Waals surface area contributed by atoms with Gasteiger partial charge in [0.05, 0.1) is 11.4 Å². The summed E-state index contributed by atoms with van der Waals surface area (Å²) in [6.45, 7) is 0.439. The number of rotatable bonds is 4. The van der Waals surface area contributed by atoms with Crippen LogP contribution < -0.4 is 0 Å². The summed E-state index contributed by atoms with van der Waals surface area (Å²) in [5.74, 6) is -0.278. The number of aldehydes is 1. The molecule has 3 aromatic rings. The molecule has 0 aliphatic carbocycles. The fourth-order valence-electron chi connectivity index (χ4n) is 1.95. The molecule has 6 heteroatoms. The summed E-state index contributed by atoms with van der Waals surface area (Å²) in [6, 6.07) is 10.0. The first-order valence-corrected chi connectivity index (χ1v) is 6.83.